The summed E-state index contributed by atoms with van der Waals surface area (Å²) in [5.74, 6) is 3.14. The highest BCUT2D eigenvalue weighted by Gasteiger charge is 2.28. The normalized spacial score (nSPS) is 22.1. The van der Waals surface area contributed by atoms with Gasteiger partial charge in [0, 0.05) is 12.6 Å². The molecule has 1 saturated carbocycles. The largest absolute Gasteiger partial charge is 0.496 e. The van der Waals surface area contributed by atoms with Gasteiger partial charge in [0.25, 0.3) is 0 Å². The van der Waals surface area contributed by atoms with E-state index < -0.39 is 0 Å². The minimum absolute atomic E-state index is 0.0699. The first-order valence-corrected chi connectivity index (χ1v) is 11.0. The number of hydrogen-bond acceptors (Lipinski definition) is 5. The highest BCUT2D eigenvalue weighted by molar-refractivity contribution is 7.99. The second-order valence-electron chi connectivity index (χ2n) is 7.48. The SMILES string of the molecule is CCn1c(SCC(=O)N[C@H]2CCC[C@@H](C)[C@@H]2C)nnc1-c1ccccc1OC. The van der Waals surface area contributed by atoms with Crippen molar-refractivity contribution in [3.63, 3.8) is 0 Å². The first-order valence-electron chi connectivity index (χ1n) is 10.0. The Kier molecular flexibility index (Phi) is 6.99. The van der Waals surface area contributed by atoms with Gasteiger partial charge in [-0.1, -0.05) is 50.6 Å². The molecule has 0 spiro atoms. The molecule has 1 aromatic carbocycles. The Bertz CT molecular complexity index is 807. The molecule has 0 radical (unpaired) electrons. The lowest BCUT2D eigenvalue weighted by Crippen LogP contribution is -2.44. The van der Waals surface area contributed by atoms with Crippen LogP contribution in [0.3, 0.4) is 0 Å². The zero-order valence-electron chi connectivity index (χ0n) is 17.1. The van der Waals surface area contributed by atoms with Crippen molar-refractivity contribution in [3.05, 3.63) is 24.3 Å². The molecule has 2 aromatic rings. The van der Waals surface area contributed by atoms with Crippen molar-refractivity contribution < 1.29 is 9.53 Å². The predicted molar refractivity (Wildman–Crippen MR) is 113 cm³/mol. The van der Waals surface area contributed by atoms with E-state index in [0.29, 0.717) is 17.6 Å². The maximum absolute atomic E-state index is 12.5. The number of carbonyl (C=O) groups excluding carboxylic acids is 1. The lowest BCUT2D eigenvalue weighted by atomic mass is 9.78. The molecule has 1 N–H and O–H groups in total. The van der Waals surface area contributed by atoms with E-state index >= 15 is 0 Å². The maximum atomic E-state index is 12.5. The number of ether oxygens (including phenoxy) is 1. The molecule has 3 atom stereocenters. The summed E-state index contributed by atoms with van der Waals surface area (Å²) in [6, 6.07) is 8.06. The fourth-order valence-electron chi connectivity index (χ4n) is 3.87. The quantitative estimate of drug-likeness (QED) is 0.709. The predicted octanol–water partition coefficient (Wildman–Crippen LogP) is 4.01. The van der Waals surface area contributed by atoms with Crippen molar-refractivity contribution in [2.45, 2.75) is 57.8 Å². The van der Waals surface area contributed by atoms with Gasteiger partial charge in [-0.25, -0.2) is 0 Å². The Morgan fingerprint density at radius 2 is 2.07 bits per heavy atom. The number of hydrogen-bond donors (Lipinski definition) is 1. The molecule has 1 aliphatic carbocycles. The number of para-hydroxylation sites is 1. The molecule has 0 bridgehead atoms. The van der Waals surface area contributed by atoms with E-state index in [9.17, 15) is 4.79 Å². The third kappa shape index (κ3) is 4.51. The van der Waals surface area contributed by atoms with Crippen molar-refractivity contribution in [2.75, 3.05) is 12.9 Å². The molecule has 0 unspecified atom stereocenters. The number of benzene rings is 1. The highest BCUT2D eigenvalue weighted by Crippen LogP contribution is 2.31. The number of aromatic nitrogens is 3. The van der Waals surface area contributed by atoms with Crippen molar-refractivity contribution in [3.8, 4) is 17.1 Å². The summed E-state index contributed by atoms with van der Waals surface area (Å²) < 4.78 is 7.49. The van der Waals surface area contributed by atoms with Gasteiger partial charge in [0.15, 0.2) is 11.0 Å². The summed E-state index contributed by atoms with van der Waals surface area (Å²) in [7, 11) is 1.65. The Hall–Kier alpha value is -2.02. The third-order valence-corrected chi connectivity index (χ3v) is 6.73. The number of carbonyl (C=O) groups is 1. The van der Waals surface area contributed by atoms with Crippen LogP contribution in [0.15, 0.2) is 29.4 Å². The van der Waals surface area contributed by atoms with Crippen LogP contribution in [0, 0.1) is 11.8 Å². The van der Waals surface area contributed by atoms with Crippen LogP contribution in [0.1, 0.15) is 40.0 Å². The van der Waals surface area contributed by atoms with E-state index in [0.717, 1.165) is 35.3 Å². The molecule has 1 heterocycles. The minimum atomic E-state index is 0.0699. The summed E-state index contributed by atoms with van der Waals surface area (Å²) in [5, 5.41) is 12.7. The van der Waals surface area contributed by atoms with E-state index in [1.165, 1.54) is 24.6 Å². The van der Waals surface area contributed by atoms with E-state index in [4.69, 9.17) is 4.74 Å². The lowest BCUT2D eigenvalue weighted by molar-refractivity contribution is -0.120. The highest BCUT2D eigenvalue weighted by atomic mass is 32.2. The summed E-state index contributed by atoms with van der Waals surface area (Å²) in [6.07, 6.45) is 3.52. The fourth-order valence-corrected chi connectivity index (χ4v) is 4.69. The van der Waals surface area contributed by atoms with Crippen LogP contribution in [0.4, 0.5) is 0 Å². The molecule has 7 heteroatoms. The van der Waals surface area contributed by atoms with E-state index in [1.54, 1.807) is 7.11 Å². The molecule has 6 nitrogen and oxygen atoms in total. The van der Waals surface area contributed by atoms with Crippen LogP contribution >= 0.6 is 11.8 Å². The van der Waals surface area contributed by atoms with Crippen LogP contribution in [0.5, 0.6) is 5.75 Å². The monoisotopic (exact) mass is 402 g/mol. The van der Waals surface area contributed by atoms with E-state index in [2.05, 4.69) is 36.3 Å². The van der Waals surface area contributed by atoms with Crippen molar-refractivity contribution in [2.24, 2.45) is 11.8 Å². The zero-order chi connectivity index (χ0) is 20.1. The third-order valence-electron chi connectivity index (χ3n) is 5.77. The maximum Gasteiger partial charge on any atom is 0.230 e. The molecule has 0 aliphatic heterocycles. The average Bonchev–Trinajstić information content (AvgIpc) is 3.12. The number of methoxy groups -OCH3 is 1. The van der Waals surface area contributed by atoms with Gasteiger partial charge in [0.2, 0.25) is 5.91 Å². The number of amides is 1. The lowest BCUT2D eigenvalue weighted by Gasteiger charge is -2.34. The number of thioether (sulfide) groups is 1. The molecule has 1 aliphatic rings. The van der Waals surface area contributed by atoms with Crippen LogP contribution in [-0.4, -0.2) is 39.6 Å². The van der Waals surface area contributed by atoms with Crippen LogP contribution in [0.25, 0.3) is 11.4 Å². The molecule has 3 rings (SSSR count). The molecule has 1 amide bonds. The van der Waals surface area contributed by atoms with Gasteiger partial charge in [-0.3, -0.25) is 4.79 Å². The Morgan fingerprint density at radius 3 is 2.82 bits per heavy atom. The number of nitrogens with zero attached hydrogens (tertiary/aromatic N) is 3. The Labute approximate surface area is 171 Å². The number of nitrogens with one attached hydrogen (secondary N) is 1. The van der Waals surface area contributed by atoms with Gasteiger partial charge in [0.05, 0.1) is 18.4 Å². The summed E-state index contributed by atoms with van der Waals surface area (Å²) in [5.41, 5.74) is 0.903. The van der Waals surface area contributed by atoms with Gasteiger partial charge < -0.3 is 14.6 Å². The Morgan fingerprint density at radius 1 is 1.29 bits per heavy atom. The van der Waals surface area contributed by atoms with Crippen LogP contribution in [0.2, 0.25) is 0 Å². The molecule has 1 aromatic heterocycles. The van der Waals surface area contributed by atoms with Crippen molar-refractivity contribution in [1.82, 2.24) is 20.1 Å². The van der Waals surface area contributed by atoms with Gasteiger partial charge >= 0.3 is 0 Å². The minimum Gasteiger partial charge on any atom is -0.496 e. The second-order valence-corrected chi connectivity index (χ2v) is 8.42. The first-order chi connectivity index (χ1) is 13.5. The van der Waals surface area contributed by atoms with Gasteiger partial charge in [-0.15, -0.1) is 10.2 Å². The van der Waals surface area contributed by atoms with Gasteiger partial charge in [0.1, 0.15) is 5.75 Å². The van der Waals surface area contributed by atoms with E-state index in [-0.39, 0.29) is 11.9 Å². The summed E-state index contributed by atoms with van der Waals surface area (Å²) >= 11 is 1.44. The van der Waals surface area contributed by atoms with Crippen molar-refractivity contribution >= 4 is 17.7 Å². The zero-order valence-corrected chi connectivity index (χ0v) is 18.0. The van der Waals surface area contributed by atoms with Crippen LogP contribution < -0.4 is 10.1 Å². The molecule has 0 saturated heterocycles. The molecular formula is C21H30N4O2S. The summed E-state index contributed by atoms with van der Waals surface area (Å²) in [6.45, 7) is 7.30. The second kappa shape index (κ2) is 9.45. The smallest absolute Gasteiger partial charge is 0.230 e. The Balaban J connectivity index is 1.66. The summed E-state index contributed by atoms with van der Waals surface area (Å²) in [4.78, 5) is 12.5. The molecular weight excluding hydrogens is 372 g/mol. The topological polar surface area (TPSA) is 69.0 Å². The van der Waals surface area contributed by atoms with Gasteiger partial charge in [-0.2, -0.15) is 0 Å². The fraction of sp³-hybridized carbons (Fsp3) is 0.571. The van der Waals surface area contributed by atoms with Crippen LogP contribution in [-0.2, 0) is 11.3 Å². The molecule has 28 heavy (non-hydrogen) atoms. The molecule has 1 fully saturated rings. The molecule has 152 valence electrons. The standard InChI is InChI=1S/C21H30N4O2S/c1-5-25-20(16-10-6-7-12-18(16)27-4)23-24-21(25)28-13-19(26)22-17-11-8-9-14(2)15(17)3/h6-7,10,12,14-15,17H,5,8-9,11,13H2,1-4H3,(H,22,26)/t14-,15+,17+/m1/s1. The van der Waals surface area contributed by atoms with Gasteiger partial charge in [-0.05, 0) is 37.3 Å². The number of rotatable bonds is 7. The van der Waals surface area contributed by atoms with Crippen molar-refractivity contribution in [1.29, 1.82) is 0 Å². The first kappa shape index (κ1) is 20.7. The van der Waals surface area contributed by atoms with E-state index in [1.807, 2.05) is 28.8 Å². The average molecular weight is 403 g/mol.